The zero-order valence-electron chi connectivity index (χ0n) is 11.5. The first-order chi connectivity index (χ1) is 9.81. The first kappa shape index (κ1) is 12.9. The Morgan fingerprint density at radius 3 is 2.90 bits per heavy atom. The van der Waals surface area contributed by atoms with Crippen LogP contribution < -0.4 is 10.6 Å². The van der Waals surface area contributed by atoms with Crippen molar-refractivity contribution in [2.75, 3.05) is 11.9 Å². The minimum atomic E-state index is 0.256. The summed E-state index contributed by atoms with van der Waals surface area (Å²) in [6, 6.07) is 2.17. The highest BCUT2D eigenvalue weighted by Gasteiger charge is 2.18. The minimum Gasteiger partial charge on any atom is -0.324 e. The molecular weight excluding hydrogens is 252 g/mol. The van der Waals surface area contributed by atoms with E-state index in [0.29, 0.717) is 5.82 Å². The predicted octanol–water partition coefficient (Wildman–Crippen LogP) is 2.13. The van der Waals surface area contributed by atoms with Crippen LogP contribution in [0, 0.1) is 6.92 Å². The van der Waals surface area contributed by atoms with Gasteiger partial charge >= 0.3 is 0 Å². The van der Waals surface area contributed by atoms with Gasteiger partial charge in [-0.15, -0.1) is 0 Å². The number of nitrogens with zero attached hydrogens (tertiary/aromatic N) is 4. The first-order valence-corrected chi connectivity index (χ1v) is 6.93. The lowest BCUT2D eigenvalue weighted by atomic mass is 10.0. The average Bonchev–Trinajstić information content (AvgIpc) is 2.49. The molecule has 0 amide bonds. The van der Waals surface area contributed by atoms with E-state index >= 15 is 0 Å². The van der Waals surface area contributed by atoms with Crippen molar-refractivity contribution < 1.29 is 0 Å². The highest BCUT2D eigenvalue weighted by Crippen LogP contribution is 2.22. The van der Waals surface area contributed by atoms with Gasteiger partial charge in [0, 0.05) is 24.2 Å². The molecule has 6 heteroatoms. The van der Waals surface area contributed by atoms with Crippen molar-refractivity contribution in [1.82, 2.24) is 25.3 Å². The normalized spacial score (nSPS) is 18.8. The molecule has 1 atom stereocenters. The van der Waals surface area contributed by atoms with Crippen LogP contribution in [0.4, 0.5) is 11.6 Å². The van der Waals surface area contributed by atoms with Crippen molar-refractivity contribution in [3.8, 4) is 0 Å². The van der Waals surface area contributed by atoms with E-state index in [1.54, 1.807) is 18.6 Å². The van der Waals surface area contributed by atoms with E-state index in [-0.39, 0.29) is 6.04 Å². The fourth-order valence-corrected chi connectivity index (χ4v) is 2.38. The lowest BCUT2D eigenvalue weighted by Crippen LogP contribution is -2.28. The van der Waals surface area contributed by atoms with E-state index in [4.69, 9.17) is 0 Å². The van der Waals surface area contributed by atoms with E-state index < -0.39 is 0 Å². The van der Waals surface area contributed by atoms with E-state index in [1.807, 2.05) is 13.0 Å². The number of aromatic nitrogens is 4. The van der Waals surface area contributed by atoms with Crippen molar-refractivity contribution in [1.29, 1.82) is 0 Å². The molecule has 20 heavy (non-hydrogen) atoms. The van der Waals surface area contributed by atoms with Gasteiger partial charge in [0.15, 0.2) is 0 Å². The minimum absolute atomic E-state index is 0.256. The molecule has 6 nitrogen and oxygen atoms in total. The first-order valence-electron chi connectivity index (χ1n) is 6.93. The van der Waals surface area contributed by atoms with Crippen molar-refractivity contribution >= 4 is 11.6 Å². The van der Waals surface area contributed by atoms with E-state index in [9.17, 15) is 0 Å². The van der Waals surface area contributed by atoms with Crippen molar-refractivity contribution in [3.05, 3.63) is 36.2 Å². The smallest absolute Gasteiger partial charge is 0.150 e. The van der Waals surface area contributed by atoms with Crippen LogP contribution in [-0.2, 0) is 0 Å². The molecule has 0 aromatic carbocycles. The fourth-order valence-electron chi connectivity index (χ4n) is 2.38. The average molecular weight is 270 g/mol. The number of hydrogen-bond donors (Lipinski definition) is 2. The zero-order chi connectivity index (χ0) is 13.8. The molecule has 1 aliphatic rings. The summed E-state index contributed by atoms with van der Waals surface area (Å²) in [6.07, 6.45) is 8.52. The van der Waals surface area contributed by atoms with Gasteiger partial charge in [0.05, 0.1) is 12.2 Å². The molecule has 2 aromatic rings. The van der Waals surface area contributed by atoms with Crippen LogP contribution in [0.5, 0.6) is 0 Å². The molecule has 0 radical (unpaired) electrons. The van der Waals surface area contributed by atoms with Gasteiger partial charge in [-0.25, -0.2) is 15.0 Å². The van der Waals surface area contributed by atoms with Gasteiger partial charge in [0.2, 0.25) is 0 Å². The van der Waals surface area contributed by atoms with Gasteiger partial charge < -0.3 is 10.6 Å². The third-order valence-electron chi connectivity index (χ3n) is 3.31. The second-order valence-corrected chi connectivity index (χ2v) is 4.97. The second-order valence-electron chi connectivity index (χ2n) is 4.97. The molecule has 0 aliphatic carbocycles. The maximum Gasteiger partial charge on any atom is 0.150 e. The quantitative estimate of drug-likeness (QED) is 0.890. The van der Waals surface area contributed by atoms with Crippen molar-refractivity contribution in [2.24, 2.45) is 0 Å². The van der Waals surface area contributed by atoms with Crippen LogP contribution in [0.1, 0.15) is 36.8 Å². The highest BCUT2D eigenvalue weighted by molar-refractivity contribution is 5.50. The molecular formula is C14H18N6. The molecule has 2 N–H and O–H groups in total. The lowest BCUT2D eigenvalue weighted by molar-refractivity contribution is 0.397. The Morgan fingerprint density at radius 2 is 2.15 bits per heavy atom. The second kappa shape index (κ2) is 5.92. The summed E-state index contributed by atoms with van der Waals surface area (Å²) in [6.45, 7) is 3.02. The van der Waals surface area contributed by atoms with Crippen molar-refractivity contribution in [3.63, 3.8) is 0 Å². The van der Waals surface area contributed by atoms with Gasteiger partial charge in [-0.1, -0.05) is 6.42 Å². The summed E-state index contributed by atoms with van der Waals surface area (Å²) in [4.78, 5) is 17.4. The Morgan fingerprint density at radius 1 is 1.20 bits per heavy atom. The summed E-state index contributed by atoms with van der Waals surface area (Å²) >= 11 is 0. The van der Waals surface area contributed by atoms with Gasteiger partial charge in [-0.3, -0.25) is 4.98 Å². The summed E-state index contributed by atoms with van der Waals surface area (Å²) < 4.78 is 0. The monoisotopic (exact) mass is 270 g/mol. The number of hydrogen-bond acceptors (Lipinski definition) is 6. The zero-order valence-corrected chi connectivity index (χ0v) is 11.5. The van der Waals surface area contributed by atoms with Crippen LogP contribution in [0.2, 0.25) is 0 Å². The molecule has 2 aromatic heterocycles. The van der Waals surface area contributed by atoms with E-state index in [2.05, 4.69) is 30.6 Å². The molecule has 3 heterocycles. The number of anilines is 2. The number of rotatable bonds is 3. The lowest BCUT2D eigenvalue weighted by Gasteiger charge is -2.22. The van der Waals surface area contributed by atoms with E-state index in [0.717, 1.165) is 30.3 Å². The topological polar surface area (TPSA) is 75.6 Å². The molecule has 0 spiro atoms. The maximum absolute atomic E-state index is 4.60. The van der Waals surface area contributed by atoms with Crippen LogP contribution in [0.3, 0.4) is 0 Å². The predicted molar refractivity (Wildman–Crippen MR) is 76.7 cm³/mol. The third-order valence-corrected chi connectivity index (χ3v) is 3.31. The van der Waals surface area contributed by atoms with Crippen LogP contribution in [-0.4, -0.2) is 26.5 Å². The molecule has 1 unspecified atom stereocenters. The highest BCUT2D eigenvalue weighted by atomic mass is 15.1. The molecule has 0 bridgehead atoms. The Labute approximate surface area is 118 Å². The summed E-state index contributed by atoms with van der Waals surface area (Å²) in [5, 5.41) is 6.64. The number of piperidine rings is 1. The molecule has 0 saturated carbocycles. The molecule has 3 rings (SSSR count). The Bertz CT molecular complexity index is 565. The maximum atomic E-state index is 4.60. The third kappa shape index (κ3) is 3.08. The number of nitrogens with one attached hydrogen (secondary N) is 2. The Balaban J connectivity index is 1.82. The number of aryl methyl sites for hydroxylation is 1. The van der Waals surface area contributed by atoms with Gasteiger partial charge in [-0.2, -0.15) is 0 Å². The summed E-state index contributed by atoms with van der Waals surface area (Å²) in [5.41, 5.74) is 0.953. The van der Waals surface area contributed by atoms with Crippen LogP contribution >= 0.6 is 0 Å². The SMILES string of the molecule is Cc1cc(Nc2cnccn2)nc(C2CCCCN2)n1. The van der Waals surface area contributed by atoms with Gasteiger partial charge in [-0.05, 0) is 26.3 Å². The van der Waals surface area contributed by atoms with Crippen molar-refractivity contribution in [2.45, 2.75) is 32.2 Å². The fraction of sp³-hybridized carbons (Fsp3) is 0.429. The molecule has 104 valence electrons. The molecule has 1 aliphatic heterocycles. The van der Waals surface area contributed by atoms with Crippen LogP contribution in [0.25, 0.3) is 0 Å². The molecule has 1 saturated heterocycles. The summed E-state index contributed by atoms with van der Waals surface area (Å²) in [5.74, 6) is 2.31. The Hall–Kier alpha value is -2.08. The van der Waals surface area contributed by atoms with Crippen LogP contribution in [0.15, 0.2) is 24.7 Å². The van der Waals surface area contributed by atoms with Gasteiger partial charge in [0.1, 0.15) is 17.5 Å². The standard InChI is InChI=1S/C14H18N6/c1-10-8-12(19-13-9-15-6-7-17-13)20-14(18-10)11-4-2-3-5-16-11/h6-9,11,16H,2-5H2,1H3,(H,17,18,19,20). The molecule has 1 fully saturated rings. The van der Waals surface area contributed by atoms with Gasteiger partial charge in [0.25, 0.3) is 0 Å². The van der Waals surface area contributed by atoms with E-state index in [1.165, 1.54) is 12.8 Å². The Kier molecular flexibility index (Phi) is 3.83. The summed E-state index contributed by atoms with van der Waals surface area (Å²) in [7, 11) is 0. The largest absolute Gasteiger partial charge is 0.324 e.